The predicted octanol–water partition coefficient (Wildman–Crippen LogP) is 2.31. The van der Waals surface area contributed by atoms with Gasteiger partial charge >= 0.3 is 6.03 Å². The minimum Gasteiger partial charge on any atom is -0.474 e. The van der Waals surface area contributed by atoms with Crippen LogP contribution >= 0.6 is 0 Å². The van der Waals surface area contributed by atoms with Crippen LogP contribution in [0.2, 0.25) is 0 Å². The van der Waals surface area contributed by atoms with Crippen LogP contribution in [-0.4, -0.2) is 39.8 Å². The third kappa shape index (κ3) is 3.49. The number of aromatic nitrogens is 2. The topological polar surface area (TPSA) is 131 Å². The third-order valence-corrected chi connectivity index (χ3v) is 7.94. The maximum absolute atomic E-state index is 13.6. The molecule has 2 amide bonds. The highest BCUT2D eigenvalue weighted by Crippen LogP contribution is 2.39. The summed E-state index contributed by atoms with van der Waals surface area (Å²) in [7, 11) is -2.06. The van der Waals surface area contributed by atoms with Gasteiger partial charge in [-0.3, -0.25) is 0 Å². The van der Waals surface area contributed by atoms with E-state index in [0.29, 0.717) is 6.54 Å². The van der Waals surface area contributed by atoms with Crippen molar-refractivity contribution in [3.05, 3.63) is 34.5 Å². The van der Waals surface area contributed by atoms with Crippen molar-refractivity contribution in [2.45, 2.75) is 56.1 Å². The van der Waals surface area contributed by atoms with Gasteiger partial charge in [-0.15, -0.1) is 4.36 Å². The zero-order chi connectivity index (χ0) is 22.3. The fourth-order valence-corrected chi connectivity index (χ4v) is 6.03. The van der Waals surface area contributed by atoms with Crippen LogP contribution in [0.4, 0.5) is 10.5 Å². The lowest BCUT2D eigenvalue weighted by Gasteiger charge is -2.23. The van der Waals surface area contributed by atoms with Crippen LogP contribution in [0, 0.1) is 11.5 Å². The average molecular weight is 457 g/mol. The summed E-state index contributed by atoms with van der Waals surface area (Å²) in [4.78, 5) is 13.0. The molecular formula is C21H24N6O4S. The fraction of sp³-hybridized carbons (Fsp3) is 0.476. The van der Waals surface area contributed by atoms with Gasteiger partial charge in [-0.25, -0.2) is 18.4 Å². The van der Waals surface area contributed by atoms with Gasteiger partial charge in [-0.05, 0) is 60.8 Å². The molecule has 0 saturated heterocycles. The Balaban J connectivity index is 1.50. The molecule has 2 N–H and O–H groups in total. The van der Waals surface area contributed by atoms with Gasteiger partial charge in [0.2, 0.25) is 5.88 Å². The first kappa shape index (κ1) is 20.8. The molecule has 2 aliphatic carbocycles. The predicted molar refractivity (Wildman–Crippen MR) is 116 cm³/mol. The van der Waals surface area contributed by atoms with E-state index in [1.165, 1.54) is 22.0 Å². The van der Waals surface area contributed by atoms with E-state index in [4.69, 9.17) is 9.47 Å². The van der Waals surface area contributed by atoms with Crippen molar-refractivity contribution >= 4 is 21.6 Å². The Morgan fingerprint density at radius 1 is 1.31 bits per heavy atom. The van der Waals surface area contributed by atoms with Gasteiger partial charge in [0.25, 0.3) is 0 Å². The minimum atomic E-state index is -3.63. The standard InChI is InChI=1S/C21H24N6O4S/c1-30-15-10-27-20(31-11-15)18(9-23-27)32(29,24-12-22)26-21(28)25-19-16-6-2-4-13(16)8-14-5-3-7-17(14)19/h8-9,15H,2-7,10-11H2,1H3,(H2,24,25,26,28,29)/t15-,32+/m0/s1. The minimum absolute atomic E-state index is 0.0623. The number of hydrogen-bond donors (Lipinski definition) is 2. The van der Waals surface area contributed by atoms with E-state index >= 15 is 0 Å². The molecule has 1 aromatic heterocycles. The van der Waals surface area contributed by atoms with E-state index in [1.807, 2.05) is 0 Å². The average Bonchev–Trinajstić information content (AvgIpc) is 3.52. The van der Waals surface area contributed by atoms with Crippen molar-refractivity contribution in [1.29, 1.82) is 5.26 Å². The molecule has 0 saturated carbocycles. The van der Waals surface area contributed by atoms with E-state index in [2.05, 4.69) is 25.6 Å². The van der Waals surface area contributed by atoms with Crippen molar-refractivity contribution in [1.82, 2.24) is 14.5 Å². The van der Waals surface area contributed by atoms with Crippen molar-refractivity contribution in [3.63, 3.8) is 0 Å². The summed E-state index contributed by atoms with van der Waals surface area (Å²) in [5.41, 5.74) is 5.63. The van der Waals surface area contributed by atoms with Crippen molar-refractivity contribution in [2.75, 3.05) is 19.0 Å². The fourth-order valence-electron chi connectivity index (χ4n) is 4.79. The Morgan fingerprint density at radius 3 is 2.69 bits per heavy atom. The van der Waals surface area contributed by atoms with E-state index in [9.17, 15) is 14.3 Å². The van der Waals surface area contributed by atoms with Gasteiger partial charge in [0.15, 0.2) is 21.0 Å². The van der Waals surface area contributed by atoms with Gasteiger partial charge in [-0.2, -0.15) is 10.4 Å². The molecule has 10 nitrogen and oxygen atoms in total. The molecule has 1 aliphatic heterocycles. The van der Waals surface area contributed by atoms with E-state index in [0.717, 1.165) is 55.3 Å². The van der Waals surface area contributed by atoms with Crippen LogP contribution in [0.5, 0.6) is 5.88 Å². The monoisotopic (exact) mass is 456 g/mol. The van der Waals surface area contributed by atoms with Gasteiger partial charge < -0.3 is 14.8 Å². The van der Waals surface area contributed by atoms with Crippen LogP contribution in [0.1, 0.15) is 35.1 Å². The smallest absolute Gasteiger partial charge is 0.355 e. The highest BCUT2D eigenvalue weighted by Gasteiger charge is 2.30. The first-order chi connectivity index (χ1) is 15.5. The molecule has 1 aromatic carbocycles. The number of nitriles is 1. The normalized spacial score (nSPS) is 20.2. The lowest BCUT2D eigenvalue weighted by molar-refractivity contribution is 0.0165. The molecule has 0 bridgehead atoms. The summed E-state index contributed by atoms with van der Waals surface area (Å²) in [5.74, 6) is 0.212. The van der Waals surface area contributed by atoms with Crippen LogP contribution in [0.25, 0.3) is 0 Å². The first-order valence-corrected chi connectivity index (χ1v) is 12.2. The van der Waals surface area contributed by atoms with Crippen molar-refractivity contribution in [3.8, 4) is 12.1 Å². The Labute approximate surface area is 186 Å². The number of rotatable bonds is 4. The second-order valence-corrected chi connectivity index (χ2v) is 10.0. The van der Waals surface area contributed by atoms with E-state index < -0.39 is 15.9 Å². The summed E-state index contributed by atoms with van der Waals surface area (Å²) in [5, 5.41) is 16.3. The number of carbonyl (C=O) groups excluding carboxylic acids is 1. The highest BCUT2D eigenvalue weighted by molar-refractivity contribution is 7.92. The summed E-state index contributed by atoms with van der Waals surface area (Å²) >= 11 is 0. The summed E-state index contributed by atoms with van der Waals surface area (Å²) in [6, 6.07) is 1.50. The quantitative estimate of drug-likeness (QED) is 0.536. The van der Waals surface area contributed by atoms with Crippen LogP contribution < -0.4 is 14.8 Å². The number of methoxy groups -OCH3 is 1. The van der Waals surface area contributed by atoms with Crippen LogP contribution in [0.15, 0.2) is 21.5 Å². The molecule has 3 aliphatic rings. The molecule has 2 atom stereocenters. The first-order valence-electron chi connectivity index (χ1n) is 10.6. The number of urea groups is 1. The largest absolute Gasteiger partial charge is 0.474 e. The molecule has 0 spiro atoms. The van der Waals surface area contributed by atoms with Crippen molar-refractivity contribution < 1.29 is 18.5 Å². The Hall–Kier alpha value is -3.10. The van der Waals surface area contributed by atoms with E-state index in [1.54, 1.807) is 13.3 Å². The van der Waals surface area contributed by atoms with E-state index in [-0.39, 0.29) is 23.5 Å². The number of nitrogens with one attached hydrogen (secondary N) is 2. The maximum Gasteiger partial charge on any atom is 0.355 e. The zero-order valence-electron chi connectivity index (χ0n) is 17.7. The summed E-state index contributed by atoms with van der Waals surface area (Å²) in [6.07, 6.45) is 8.67. The Bertz CT molecular complexity index is 1220. The molecule has 0 fully saturated rings. The number of carbonyl (C=O) groups is 1. The molecule has 32 heavy (non-hydrogen) atoms. The second kappa shape index (κ2) is 8.11. The number of hydrogen-bond acceptors (Lipinski definition) is 6. The highest BCUT2D eigenvalue weighted by atomic mass is 32.2. The lowest BCUT2D eigenvalue weighted by atomic mass is 9.99. The molecule has 168 valence electrons. The molecule has 2 aromatic rings. The molecular weight excluding hydrogens is 432 g/mol. The summed E-state index contributed by atoms with van der Waals surface area (Å²) in [6.45, 7) is 0.647. The van der Waals surface area contributed by atoms with Crippen LogP contribution in [-0.2, 0) is 46.9 Å². The van der Waals surface area contributed by atoms with Gasteiger partial charge in [-0.1, -0.05) is 6.07 Å². The summed E-state index contributed by atoms with van der Waals surface area (Å²) < 4.78 is 32.2. The number of benzene rings is 1. The molecule has 11 heteroatoms. The molecule has 0 unspecified atom stereocenters. The molecule has 5 rings (SSSR count). The van der Waals surface area contributed by atoms with Crippen molar-refractivity contribution in [2.24, 2.45) is 4.36 Å². The number of aryl methyl sites for hydroxylation is 2. The molecule has 2 heterocycles. The maximum atomic E-state index is 13.6. The molecule has 0 radical (unpaired) electrons. The SMILES string of the molecule is CO[C@@H]1COc2c([S@](=O)(=NC(=O)Nc3c4c(cc5c3CCC5)CCC4)NC#N)cnn2C1. The van der Waals surface area contributed by atoms with Gasteiger partial charge in [0, 0.05) is 12.8 Å². The Morgan fingerprint density at radius 2 is 2.03 bits per heavy atom. The van der Waals surface area contributed by atoms with Gasteiger partial charge in [0.05, 0.1) is 12.7 Å². The Kier molecular flexibility index (Phi) is 5.27. The second-order valence-electron chi connectivity index (χ2n) is 8.16. The lowest BCUT2D eigenvalue weighted by Crippen LogP contribution is -2.32. The third-order valence-electron chi connectivity index (χ3n) is 6.27. The van der Waals surface area contributed by atoms with Gasteiger partial charge in [0.1, 0.15) is 12.7 Å². The van der Waals surface area contributed by atoms with Crippen LogP contribution in [0.3, 0.4) is 0 Å². The number of fused-ring (bicyclic) bond motifs is 3. The number of amides is 2. The number of ether oxygens (including phenoxy) is 2. The zero-order valence-corrected chi connectivity index (χ0v) is 18.5. The number of anilines is 1. The number of nitrogens with zero attached hydrogens (tertiary/aromatic N) is 4.